The average molecular weight is 261 g/mol. The molecular formula is C11H10F3NO3. The van der Waals surface area contributed by atoms with Crippen LogP contribution in [0.25, 0.3) is 0 Å². The minimum atomic E-state index is -4.89. The van der Waals surface area contributed by atoms with Crippen molar-refractivity contribution in [2.45, 2.75) is 19.5 Å². The maximum atomic E-state index is 12.3. The molecule has 0 fully saturated rings. The van der Waals surface area contributed by atoms with E-state index in [4.69, 9.17) is 5.21 Å². The van der Waals surface area contributed by atoms with Crippen molar-refractivity contribution in [1.29, 1.82) is 0 Å². The second kappa shape index (κ2) is 5.07. The van der Waals surface area contributed by atoms with E-state index in [9.17, 15) is 23.1 Å². The third-order valence-corrected chi connectivity index (χ3v) is 2.23. The van der Waals surface area contributed by atoms with Gasteiger partial charge in [0.05, 0.1) is 12.0 Å². The van der Waals surface area contributed by atoms with Crippen LogP contribution >= 0.6 is 0 Å². The van der Waals surface area contributed by atoms with Crippen LogP contribution in [0, 0.1) is 6.92 Å². The topological polar surface area (TPSA) is 69.9 Å². The Labute approximate surface area is 100 Å². The number of hydrogen-bond acceptors (Lipinski definition) is 4. The number of aromatic hydroxyl groups is 1. The van der Waals surface area contributed by atoms with E-state index < -0.39 is 29.8 Å². The van der Waals surface area contributed by atoms with Gasteiger partial charge in [-0.3, -0.25) is 4.79 Å². The molecule has 1 aromatic carbocycles. The van der Waals surface area contributed by atoms with Crippen molar-refractivity contribution < 1.29 is 28.3 Å². The quantitative estimate of drug-likeness (QED) is 0.380. The number of phenolic OH excluding ortho intramolecular Hbond substituents is 1. The van der Waals surface area contributed by atoms with E-state index in [1.165, 1.54) is 18.2 Å². The van der Waals surface area contributed by atoms with Gasteiger partial charge < -0.3 is 10.3 Å². The molecule has 0 unspecified atom stereocenters. The Balaban J connectivity index is 2.99. The van der Waals surface area contributed by atoms with Gasteiger partial charge in [0, 0.05) is 0 Å². The van der Waals surface area contributed by atoms with Gasteiger partial charge in [0.25, 0.3) is 0 Å². The predicted molar refractivity (Wildman–Crippen MR) is 57.1 cm³/mol. The SMILES string of the molecule is Cc1ccc(O)c(C(=O)C/C(=N/O)C(F)(F)F)c1. The van der Waals surface area contributed by atoms with Crippen LogP contribution in [0.3, 0.4) is 0 Å². The molecule has 0 aromatic heterocycles. The van der Waals surface area contributed by atoms with Crippen LogP contribution in [0.5, 0.6) is 5.75 Å². The van der Waals surface area contributed by atoms with Crippen LogP contribution in [0.4, 0.5) is 13.2 Å². The molecule has 0 heterocycles. The Hall–Kier alpha value is -2.05. The lowest BCUT2D eigenvalue weighted by molar-refractivity contribution is -0.0623. The number of benzene rings is 1. The number of Topliss-reactive ketones (excluding diaryl/α,β-unsaturated/α-hetero) is 1. The van der Waals surface area contributed by atoms with E-state index in [0.29, 0.717) is 5.56 Å². The number of halogens is 3. The molecule has 2 N–H and O–H groups in total. The molecule has 4 nitrogen and oxygen atoms in total. The summed E-state index contributed by atoms with van der Waals surface area (Å²) >= 11 is 0. The Morgan fingerprint density at radius 2 is 2.00 bits per heavy atom. The molecule has 0 aliphatic heterocycles. The summed E-state index contributed by atoms with van der Waals surface area (Å²) in [4.78, 5) is 11.6. The summed E-state index contributed by atoms with van der Waals surface area (Å²) in [6.45, 7) is 1.63. The first-order chi connectivity index (χ1) is 8.25. The van der Waals surface area contributed by atoms with Crippen molar-refractivity contribution >= 4 is 11.5 Å². The van der Waals surface area contributed by atoms with Gasteiger partial charge in [-0.15, -0.1) is 0 Å². The number of aryl methyl sites for hydroxylation is 1. The summed E-state index contributed by atoms with van der Waals surface area (Å²) in [5.41, 5.74) is -1.22. The first-order valence-corrected chi connectivity index (χ1v) is 4.86. The number of hydrogen-bond donors (Lipinski definition) is 2. The second-order valence-electron chi connectivity index (χ2n) is 3.67. The summed E-state index contributed by atoms with van der Waals surface area (Å²) in [5, 5.41) is 19.7. The van der Waals surface area contributed by atoms with Gasteiger partial charge in [0.1, 0.15) is 5.75 Å². The van der Waals surface area contributed by atoms with E-state index >= 15 is 0 Å². The van der Waals surface area contributed by atoms with Gasteiger partial charge in [-0.25, -0.2) is 0 Å². The van der Waals surface area contributed by atoms with Crippen LogP contribution < -0.4 is 0 Å². The van der Waals surface area contributed by atoms with Gasteiger partial charge in [-0.05, 0) is 19.1 Å². The fourth-order valence-corrected chi connectivity index (χ4v) is 1.31. The zero-order chi connectivity index (χ0) is 13.9. The maximum absolute atomic E-state index is 12.3. The zero-order valence-electron chi connectivity index (χ0n) is 9.32. The Kier molecular flexibility index (Phi) is 3.95. The number of nitrogens with zero attached hydrogens (tertiary/aromatic N) is 1. The largest absolute Gasteiger partial charge is 0.507 e. The number of ketones is 1. The third kappa shape index (κ3) is 3.22. The van der Waals surface area contributed by atoms with E-state index in [0.717, 1.165) is 0 Å². The van der Waals surface area contributed by atoms with Crippen molar-refractivity contribution in [3.8, 4) is 5.75 Å². The normalized spacial score (nSPS) is 12.6. The molecule has 0 amide bonds. The highest BCUT2D eigenvalue weighted by molar-refractivity contribution is 6.12. The number of oxime groups is 1. The molecule has 7 heteroatoms. The summed E-state index contributed by atoms with van der Waals surface area (Å²) in [7, 11) is 0. The monoisotopic (exact) mass is 261 g/mol. The Bertz CT molecular complexity index is 495. The molecule has 0 spiro atoms. The van der Waals surface area contributed by atoms with Gasteiger partial charge in [-0.1, -0.05) is 16.8 Å². The number of carbonyl (C=O) groups is 1. The van der Waals surface area contributed by atoms with Gasteiger partial charge in [0.2, 0.25) is 0 Å². The Morgan fingerprint density at radius 3 is 2.50 bits per heavy atom. The minimum Gasteiger partial charge on any atom is -0.507 e. The van der Waals surface area contributed by atoms with Crippen LogP contribution in [-0.2, 0) is 0 Å². The van der Waals surface area contributed by atoms with E-state index in [2.05, 4.69) is 5.16 Å². The van der Waals surface area contributed by atoms with Crippen molar-refractivity contribution in [2.75, 3.05) is 0 Å². The zero-order valence-corrected chi connectivity index (χ0v) is 9.32. The van der Waals surface area contributed by atoms with Crippen LogP contribution in [0.15, 0.2) is 23.4 Å². The van der Waals surface area contributed by atoms with Crippen molar-refractivity contribution in [1.82, 2.24) is 0 Å². The molecule has 98 valence electrons. The van der Waals surface area contributed by atoms with Gasteiger partial charge >= 0.3 is 6.18 Å². The molecule has 0 atom stereocenters. The molecule has 1 rings (SSSR count). The fourth-order valence-electron chi connectivity index (χ4n) is 1.31. The van der Waals surface area contributed by atoms with E-state index in [1.54, 1.807) is 6.92 Å². The first-order valence-electron chi connectivity index (χ1n) is 4.86. The maximum Gasteiger partial charge on any atom is 0.433 e. The summed E-state index contributed by atoms with van der Waals surface area (Å²) in [6.07, 6.45) is -6.01. The summed E-state index contributed by atoms with van der Waals surface area (Å²) < 4.78 is 36.8. The molecule has 0 aliphatic carbocycles. The standard InChI is InChI=1S/C11H10F3NO3/c1-6-2-3-8(16)7(4-6)9(17)5-10(15-18)11(12,13)14/h2-4,16,18H,5H2,1H3/b15-10-. The summed E-state index contributed by atoms with van der Waals surface area (Å²) in [6, 6.07) is 3.99. The van der Waals surface area contributed by atoms with Crippen LogP contribution in [0.2, 0.25) is 0 Å². The van der Waals surface area contributed by atoms with Crippen molar-refractivity contribution in [3.63, 3.8) is 0 Å². The van der Waals surface area contributed by atoms with Crippen LogP contribution in [0.1, 0.15) is 22.3 Å². The minimum absolute atomic E-state index is 0.236. The van der Waals surface area contributed by atoms with Crippen molar-refractivity contribution in [2.24, 2.45) is 5.16 Å². The molecule has 18 heavy (non-hydrogen) atoms. The highest BCUT2D eigenvalue weighted by atomic mass is 19.4. The van der Waals surface area contributed by atoms with E-state index in [1.807, 2.05) is 0 Å². The number of carbonyl (C=O) groups excluding carboxylic acids is 1. The smallest absolute Gasteiger partial charge is 0.433 e. The molecular weight excluding hydrogens is 251 g/mol. The summed E-state index contributed by atoms with van der Waals surface area (Å²) in [5.74, 6) is -1.38. The highest BCUT2D eigenvalue weighted by Crippen LogP contribution is 2.24. The predicted octanol–water partition coefficient (Wildman–Crippen LogP) is 2.67. The number of rotatable bonds is 3. The molecule has 0 radical (unpaired) electrons. The fraction of sp³-hybridized carbons (Fsp3) is 0.273. The number of phenols is 1. The second-order valence-corrected chi connectivity index (χ2v) is 3.67. The first kappa shape index (κ1) is 14.0. The van der Waals surface area contributed by atoms with E-state index in [-0.39, 0.29) is 5.56 Å². The highest BCUT2D eigenvalue weighted by Gasteiger charge is 2.38. The van der Waals surface area contributed by atoms with Crippen molar-refractivity contribution in [3.05, 3.63) is 29.3 Å². The van der Waals surface area contributed by atoms with Gasteiger partial charge in [-0.2, -0.15) is 13.2 Å². The lowest BCUT2D eigenvalue weighted by Gasteiger charge is -2.09. The van der Waals surface area contributed by atoms with Gasteiger partial charge in [0.15, 0.2) is 11.5 Å². The molecule has 0 saturated carbocycles. The molecule has 0 bridgehead atoms. The molecule has 0 saturated heterocycles. The number of alkyl halides is 3. The Morgan fingerprint density at radius 1 is 1.39 bits per heavy atom. The lowest BCUT2D eigenvalue weighted by Crippen LogP contribution is -2.25. The third-order valence-electron chi connectivity index (χ3n) is 2.23. The average Bonchev–Trinajstić information content (AvgIpc) is 2.27. The van der Waals surface area contributed by atoms with Crippen LogP contribution in [-0.4, -0.2) is 28.0 Å². The lowest BCUT2D eigenvalue weighted by atomic mass is 10.0. The molecule has 1 aromatic rings. The molecule has 0 aliphatic rings.